The molecule has 2 amide bonds. The van der Waals surface area contributed by atoms with Crippen molar-refractivity contribution in [1.29, 1.82) is 0 Å². The van der Waals surface area contributed by atoms with E-state index in [1.165, 1.54) is 17.0 Å². The molecule has 0 bridgehead atoms. The van der Waals surface area contributed by atoms with Crippen LogP contribution in [0.15, 0.2) is 60.7 Å². The summed E-state index contributed by atoms with van der Waals surface area (Å²) >= 11 is 0. The lowest BCUT2D eigenvalue weighted by Crippen LogP contribution is -2.41. The van der Waals surface area contributed by atoms with Gasteiger partial charge in [0, 0.05) is 31.7 Å². The number of methoxy groups -OCH3 is 1. The number of benzene rings is 2. The second-order valence-corrected chi connectivity index (χ2v) is 9.26. The van der Waals surface area contributed by atoms with Crippen LogP contribution in [0.5, 0.6) is 0 Å². The van der Waals surface area contributed by atoms with Crippen molar-refractivity contribution in [3.05, 3.63) is 66.5 Å². The molecule has 0 spiro atoms. The standard InChI is InChI=1S/C26H31FN4O3/c1-26(2,3)17-25(33)30(14-15-34-4)18-24(32)28-23-16-22(19-8-6-5-7-9-19)29-31(23)21-12-10-20(27)11-13-21/h5-13,16H,14-15,17-18H2,1-4H3,(H,28,32). The minimum absolute atomic E-state index is 0.114. The Labute approximate surface area is 199 Å². The van der Waals surface area contributed by atoms with Crippen molar-refractivity contribution in [3.8, 4) is 16.9 Å². The highest BCUT2D eigenvalue weighted by Crippen LogP contribution is 2.25. The van der Waals surface area contributed by atoms with Gasteiger partial charge < -0.3 is 15.0 Å². The Kier molecular flexibility index (Phi) is 8.17. The number of nitrogens with one attached hydrogen (secondary N) is 1. The molecule has 0 atom stereocenters. The highest BCUT2D eigenvalue weighted by molar-refractivity contribution is 5.94. The number of ether oxygens (including phenoxy) is 1. The Morgan fingerprint density at radius 2 is 1.76 bits per heavy atom. The highest BCUT2D eigenvalue weighted by Gasteiger charge is 2.23. The van der Waals surface area contributed by atoms with Crippen LogP contribution in [0.2, 0.25) is 0 Å². The van der Waals surface area contributed by atoms with E-state index in [0.29, 0.717) is 36.8 Å². The molecule has 1 aromatic heterocycles. The van der Waals surface area contributed by atoms with Gasteiger partial charge in [-0.05, 0) is 29.7 Å². The monoisotopic (exact) mass is 466 g/mol. The fourth-order valence-corrected chi connectivity index (χ4v) is 3.41. The maximum atomic E-state index is 13.5. The Bertz CT molecular complexity index is 1110. The zero-order valence-corrected chi connectivity index (χ0v) is 20.0. The second kappa shape index (κ2) is 11.1. The van der Waals surface area contributed by atoms with E-state index in [0.717, 1.165) is 5.56 Å². The Morgan fingerprint density at radius 1 is 1.09 bits per heavy atom. The van der Waals surface area contributed by atoms with Gasteiger partial charge in [-0.25, -0.2) is 9.07 Å². The molecular weight excluding hydrogens is 435 g/mol. The summed E-state index contributed by atoms with van der Waals surface area (Å²) in [7, 11) is 1.55. The van der Waals surface area contributed by atoms with Crippen LogP contribution in [0.1, 0.15) is 27.2 Å². The maximum Gasteiger partial charge on any atom is 0.245 e. The first-order valence-corrected chi connectivity index (χ1v) is 11.1. The predicted molar refractivity (Wildman–Crippen MR) is 130 cm³/mol. The van der Waals surface area contributed by atoms with Crippen molar-refractivity contribution in [2.45, 2.75) is 27.2 Å². The number of carbonyl (C=O) groups excluding carboxylic acids is 2. The summed E-state index contributed by atoms with van der Waals surface area (Å²) in [5.41, 5.74) is 1.92. The molecule has 3 aromatic rings. The molecule has 0 fully saturated rings. The summed E-state index contributed by atoms with van der Waals surface area (Å²) in [4.78, 5) is 27.3. The number of hydrogen-bond acceptors (Lipinski definition) is 4. The first-order chi connectivity index (χ1) is 16.2. The fraction of sp³-hybridized carbons (Fsp3) is 0.346. The zero-order chi connectivity index (χ0) is 24.7. The lowest BCUT2D eigenvalue weighted by molar-refractivity contribution is -0.136. The molecular formula is C26H31FN4O3. The van der Waals surface area contributed by atoms with E-state index in [-0.39, 0.29) is 29.6 Å². The van der Waals surface area contributed by atoms with Crippen LogP contribution in [-0.2, 0) is 14.3 Å². The topological polar surface area (TPSA) is 76.5 Å². The third kappa shape index (κ3) is 6.99. The third-order valence-electron chi connectivity index (χ3n) is 5.05. The summed E-state index contributed by atoms with van der Waals surface area (Å²) in [6, 6.07) is 17.2. The number of aromatic nitrogens is 2. The van der Waals surface area contributed by atoms with Gasteiger partial charge in [0.15, 0.2) is 0 Å². The summed E-state index contributed by atoms with van der Waals surface area (Å²) in [6.45, 7) is 6.46. The van der Waals surface area contributed by atoms with Crippen molar-refractivity contribution < 1.29 is 18.7 Å². The second-order valence-electron chi connectivity index (χ2n) is 9.26. The highest BCUT2D eigenvalue weighted by atomic mass is 19.1. The quantitative estimate of drug-likeness (QED) is 0.503. The van der Waals surface area contributed by atoms with Gasteiger partial charge >= 0.3 is 0 Å². The van der Waals surface area contributed by atoms with E-state index >= 15 is 0 Å². The number of hydrogen-bond donors (Lipinski definition) is 1. The number of anilines is 1. The van der Waals surface area contributed by atoms with Crippen molar-refractivity contribution in [3.63, 3.8) is 0 Å². The van der Waals surface area contributed by atoms with Gasteiger partial charge in [0.05, 0.1) is 24.5 Å². The van der Waals surface area contributed by atoms with E-state index in [1.54, 1.807) is 30.0 Å². The van der Waals surface area contributed by atoms with Gasteiger partial charge in [-0.15, -0.1) is 0 Å². The van der Waals surface area contributed by atoms with Crippen LogP contribution >= 0.6 is 0 Å². The molecule has 0 aliphatic carbocycles. The van der Waals surface area contributed by atoms with Gasteiger partial charge in [0.25, 0.3) is 0 Å². The predicted octanol–water partition coefficient (Wildman–Crippen LogP) is 4.53. The summed E-state index contributed by atoms with van der Waals surface area (Å²) in [6.07, 6.45) is 0.315. The fourth-order valence-electron chi connectivity index (χ4n) is 3.41. The number of carbonyl (C=O) groups is 2. The minimum atomic E-state index is -0.365. The van der Waals surface area contributed by atoms with Gasteiger partial charge in [-0.2, -0.15) is 5.10 Å². The lowest BCUT2D eigenvalue weighted by atomic mass is 9.91. The van der Waals surface area contributed by atoms with Crippen LogP contribution in [0, 0.1) is 11.2 Å². The number of halogens is 1. The molecule has 34 heavy (non-hydrogen) atoms. The molecule has 2 aromatic carbocycles. The molecule has 0 saturated heterocycles. The largest absolute Gasteiger partial charge is 0.383 e. The third-order valence-corrected chi connectivity index (χ3v) is 5.05. The first kappa shape index (κ1) is 25.1. The molecule has 8 heteroatoms. The van der Waals surface area contributed by atoms with Crippen molar-refractivity contribution in [2.75, 3.05) is 32.1 Å². The van der Waals surface area contributed by atoms with Crippen molar-refractivity contribution in [1.82, 2.24) is 14.7 Å². The Hall–Kier alpha value is -3.52. The van der Waals surface area contributed by atoms with Crippen LogP contribution < -0.4 is 5.32 Å². The van der Waals surface area contributed by atoms with E-state index in [9.17, 15) is 14.0 Å². The molecule has 1 heterocycles. The van der Waals surface area contributed by atoms with Crippen LogP contribution in [0.3, 0.4) is 0 Å². The van der Waals surface area contributed by atoms with E-state index < -0.39 is 0 Å². The van der Waals surface area contributed by atoms with Crippen molar-refractivity contribution in [2.24, 2.45) is 5.41 Å². The molecule has 7 nitrogen and oxygen atoms in total. The molecule has 3 rings (SSSR count). The number of amides is 2. The van der Waals surface area contributed by atoms with Crippen LogP contribution in [0.4, 0.5) is 10.2 Å². The van der Waals surface area contributed by atoms with E-state index in [2.05, 4.69) is 10.4 Å². The Morgan fingerprint density at radius 3 is 2.38 bits per heavy atom. The first-order valence-electron chi connectivity index (χ1n) is 11.1. The number of rotatable bonds is 9. The van der Waals surface area contributed by atoms with Gasteiger partial charge in [0.1, 0.15) is 11.6 Å². The van der Waals surface area contributed by atoms with Gasteiger partial charge in [-0.3, -0.25) is 9.59 Å². The molecule has 180 valence electrons. The smallest absolute Gasteiger partial charge is 0.245 e. The van der Waals surface area contributed by atoms with Gasteiger partial charge in [-0.1, -0.05) is 51.1 Å². The molecule has 0 unspecified atom stereocenters. The average Bonchev–Trinajstić information content (AvgIpc) is 3.20. The maximum absolute atomic E-state index is 13.5. The summed E-state index contributed by atoms with van der Waals surface area (Å²) < 4.78 is 20.1. The average molecular weight is 467 g/mol. The SMILES string of the molecule is COCCN(CC(=O)Nc1cc(-c2ccccc2)nn1-c1ccc(F)cc1)C(=O)CC(C)(C)C. The molecule has 0 saturated carbocycles. The van der Waals surface area contributed by atoms with Crippen molar-refractivity contribution >= 4 is 17.6 Å². The molecule has 1 N–H and O–H groups in total. The lowest BCUT2D eigenvalue weighted by Gasteiger charge is -2.26. The summed E-state index contributed by atoms with van der Waals surface area (Å²) in [5.74, 6) is -0.417. The minimum Gasteiger partial charge on any atom is -0.383 e. The van der Waals surface area contributed by atoms with E-state index in [4.69, 9.17) is 4.74 Å². The molecule has 0 aliphatic rings. The molecule has 0 aliphatic heterocycles. The zero-order valence-electron chi connectivity index (χ0n) is 20.0. The van der Waals surface area contributed by atoms with Crippen LogP contribution in [-0.4, -0.2) is 53.3 Å². The normalized spacial score (nSPS) is 11.3. The van der Waals surface area contributed by atoms with E-state index in [1.807, 2.05) is 51.1 Å². The summed E-state index contributed by atoms with van der Waals surface area (Å²) in [5, 5.41) is 7.50. The molecule has 0 radical (unpaired) electrons. The van der Waals surface area contributed by atoms with Crippen LogP contribution in [0.25, 0.3) is 16.9 Å². The Balaban J connectivity index is 1.85. The number of nitrogens with zero attached hydrogens (tertiary/aromatic N) is 3. The van der Waals surface area contributed by atoms with Gasteiger partial charge in [0.2, 0.25) is 11.8 Å².